The maximum Gasteiger partial charge on any atom is 0.573 e. The second-order valence-corrected chi connectivity index (χ2v) is 3.68. The van der Waals surface area contributed by atoms with Crippen molar-refractivity contribution in [2.24, 2.45) is 0 Å². The summed E-state index contributed by atoms with van der Waals surface area (Å²) in [5, 5.41) is 0. The fourth-order valence-electron chi connectivity index (χ4n) is 1.29. The summed E-state index contributed by atoms with van der Waals surface area (Å²) in [5.41, 5.74) is 0.0543. The third kappa shape index (κ3) is 5.57. The van der Waals surface area contributed by atoms with Gasteiger partial charge in [-0.1, -0.05) is 0 Å². The Kier molecular flexibility index (Phi) is 6.45. The van der Waals surface area contributed by atoms with Gasteiger partial charge in [-0.05, 0) is 31.0 Å². The summed E-state index contributed by atoms with van der Waals surface area (Å²) in [6.07, 6.45) is -2.44. The van der Waals surface area contributed by atoms with Gasteiger partial charge in [0.15, 0.2) is 6.29 Å². The molecule has 0 radical (unpaired) electrons. The topological polar surface area (TPSA) is 35.5 Å². The summed E-state index contributed by atoms with van der Waals surface area (Å²) in [6.45, 7) is 0. The number of carbonyl (C=O) groups is 1. The number of hydrogen-bond donors (Lipinski definition) is 0. The van der Waals surface area contributed by atoms with E-state index in [2.05, 4.69) is 4.74 Å². The number of carbonyl (C=O) groups excluding carboxylic acids is 1. The minimum Gasteiger partial charge on any atom is -0.490 e. The fourth-order valence-corrected chi connectivity index (χ4v) is 1.29. The van der Waals surface area contributed by atoms with E-state index in [9.17, 15) is 18.0 Å². The van der Waals surface area contributed by atoms with Crippen LogP contribution in [-0.2, 0) is 0 Å². The van der Waals surface area contributed by atoms with E-state index in [4.69, 9.17) is 4.74 Å². The lowest BCUT2D eigenvalue weighted by Gasteiger charge is -2.11. The van der Waals surface area contributed by atoms with Gasteiger partial charge < -0.3 is 9.47 Å². The Balaban J connectivity index is 0.00000162. The molecule has 0 N–H and O–H groups in total. The van der Waals surface area contributed by atoms with Crippen molar-refractivity contribution >= 4 is 31.1 Å². The summed E-state index contributed by atoms with van der Waals surface area (Å²) < 4.78 is 44.9. The molecule has 3 nitrogen and oxygen atoms in total. The second-order valence-electron chi connectivity index (χ2n) is 3.68. The van der Waals surface area contributed by atoms with E-state index >= 15 is 0 Å². The molecule has 108 valence electrons. The van der Waals surface area contributed by atoms with Gasteiger partial charge in [0.2, 0.25) is 0 Å². The van der Waals surface area contributed by atoms with E-state index in [1.54, 1.807) is 0 Å². The Labute approximate surface area is 119 Å². The predicted molar refractivity (Wildman–Crippen MR) is 66.7 cm³/mol. The number of benzene rings is 1. The van der Waals surface area contributed by atoms with Crippen molar-refractivity contribution in [1.82, 2.24) is 0 Å². The van der Waals surface area contributed by atoms with Crippen molar-refractivity contribution in [3.8, 4) is 11.5 Å². The first-order valence-corrected chi connectivity index (χ1v) is 4.99. The monoisotopic (exact) mass is 318 g/mol. The Morgan fingerprint density at radius 1 is 1.21 bits per heavy atom. The molecule has 0 amide bonds. The van der Waals surface area contributed by atoms with Crippen molar-refractivity contribution in [3.63, 3.8) is 0 Å². The van der Waals surface area contributed by atoms with Gasteiger partial charge in [-0.15, -0.1) is 38.0 Å². The molecule has 1 aromatic carbocycles. The lowest BCUT2D eigenvalue weighted by Crippen LogP contribution is -2.17. The second kappa shape index (κ2) is 6.86. The van der Waals surface area contributed by atoms with Gasteiger partial charge in [0, 0.05) is 0 Å². The third-order valence-electron chi connectivity index (χ3n) is 2.16. The quantitative estimate of drug-likeness (QED) is 0.792. The number of halogens is 5. The van der Waals surface area contributed by atoms with Crippen molar-refractivity contribution < 1.29 is 27.4 Å². The van der Waals surface area contributed by atoms with E-state index in [0.29, 0.717) is 6.29 Å². The van der Waals surface area contributed by atoms with Gasteiger partial charge in [0.05, 0.1) is 11.7 Å². The molecular formula is C11H11Cl2F3O3. The molecule has 19 heavy (non-hydrogen) atoms. The highest BCUT2D eigenvalue weighted by atomic mass is 35.5. The van der Waals surface area contributed by atoms with Crippen LogP contribution in [0.3, 0.4) is 0 Å². The molecule has 0 saturated heterocycles. The van der Waals surface area contributed by atoms with E-state index in [0.717, 1.165) is 25.0 Å². The van der Waals surface area contributed by atoms with E-state index in [1.807, 2.05) is 0 Å². The minimum atomic E-state index is -4.76. The maximum atomic E-state index is 12.0. The maximum absolute atomic E-state index is 12.0. The highest BCUT2D eigenvalue weighted by Gasteiger charge is 2.31. The number of ether oxygens (including phenoxy) is 2. The van der Waals surface area contributed by atoms with Crippen LogP contribution in [0.15, 0.2) is 18.2 Å². The zero-order chi connectivity index (χ0) is 12.5. The van der Waals surface area contributed by atoms with Crippen LogP contribution >= 0.6 is 24.8 Å². The first kappa shape index (κ1) is 17.9. The molecule has 2 rings (SSSR count). The number of alkyl halides is 3. The molecular weight excluding hydrogens is 308 g/mol. The van der Waals surface area contributed by atoms with Crippen LogP contribution in [-0.4, -0.2) is 18.8 Å². The molecule has 0 aromatic heterocycles. The summed E-state index contributed by atoms with van der Waals surface area (Å²) >= 11 is 0. The van der Waals surface area contributed by atoms with E-state index < -0.39 is 12.1 Å². The Morgan fingerprint density at radius 2 is 1.84 bits per heavy atom. The van der Waals surface area contributed by atoms with Gasteiger partial charge in [-0.2, -0.15) is 0 Å². The van der Waals surface area contributed by atoms with Gasteiger partial charge in [0.25, 0.3) is 0 Å². The number of aldehydes is 1. The average Bonchev–Trinajstić information content (AvgIpc) is 3.02. The molecule has 1 fully saturated rings. The van der Waals surface area contributed by atoms with Crippen molar-refractivity contribution in [2.45, 2.75) is 25.3 Å². The van der Waals surface area contributed by atoms with Crippen LogP contribution in [0.4, 0.5) is 13.2 Å². The zero-order valence-corrected chi connectivity index (χ0v) is 11.1. The van der Waals surface area contributed by atoms with Crippen LogP contribution in [0.25, 0.3) is 0 Å². The lowest BCUT2D eigenvalue weighted by atomic mass is 10.2. The van der Waals surface area contributed by atoms with E-state index in [-0.39, 0.29) is 42.2 Å². The summed E-state index contributed by atoms with van der Waals surface area (Å²) in [4.78, 5) is 10.7. The Bertz CT molecular complexity index is 434. The number of rotatable bonds is 4. The summed E-state index contributed by atoms with van der Waals surface area (Å²) in [7, 11) is 0. The van der Waals surface area contributed by atoms with Crippen LogP contribution in [0.2, 0.25) is 0 Å². The molecule has 0 heterocycles. The predicted octanol–water partition coefficient (Wildman–Crippen LogP) is 3.78. The highest BCUT2D eigenvalue weighted by Crippen LogP contribution is 2.32. The smallest absolute Gasteiger partial charge is 0.490 e. The highest BCUT2D eigenvalue weighted by molar-refractivity contribution is 5.85. The Morgan fingerprint density at radius 3 is 2.32 bits per heavy atom. The van der Waals surface area contributed by atoms with Gasteiger partial charge in [-0.3, -0.25) is 4.79 Å². The first-order chi connectivity index (χ1) is 7.98. The normalized spacial score (nSPS) is 13.8. The molecule has 8 heteroatoms. The van der Waals surface area contributed by atoms with Crippen LogP contribution in [0.5, 0.6) is 11.5 Å². The van der Waals surface area contributed by atoms with Gasteiger partial charge in [0.1, 0.15) is 11.5 Å². The van der Waals surface area contributed by atoms with Gasteiger partial charge in [-0.25, -0.2) is 0 Å². The minimum absolute atomic E-state index is 0. The lowest BCUT2D eigenvalue weighted by molar-refractivity contribution is -0.274. The fraction of sp³-hybridized carbons (Fsp3) is 0.364. The molecule has 1 saturated carbocycles. The van der Waals surface area contributed by atoms with Crippen molar-refractivity contribution in [1.29, 1.82) is 0 Å². The molecule has 1 aromatic rings. The van der Waals surface area contributed by atoms with Crippen molar-refractivity contribution in [3.05, 3.63) is 23.8 Å². The Hall–Kier alpha value is -1.14. The molecule has 0 aliphatic heterocycles. The van der Waals surface area contributed by atoms with Crippen LogP contribution < -0.4 is 9.47 Å². The SMILES string of the molecule is Cl.Cl.O=Cc1cc(OC(F)(F)F)ccc1OC1CC1. The molecule has 0 atom stereocenters. The number of hydrogen-bond acceptors (Lipinski definition) is 3. The molecule has 1 aliphatic carbocycles. The molecule has 0 unspecified atom stereocenters. The largest absolute Gasteiger partial charge is 0.573 e. The van der Waals surface area contributed by atoms with Gasteiger partial charge >= 0.3 is 6.36 Å². The van der Waals surface area contributed by atoms with Crippen LogP contribution in [0.1, 0.15) is 23.2 Å². The van der Waals surface area contributed by atoms with E-state index in [1.165, 1.54) is 6.07 Å². The molecule has 1 aliphatic rings. The molecule has 0 bridgehead atoms. The summed E-state index contributed by atoms with van der Waals surface area (Å²) in [6, 6.07) is 3.44. The summed E-state index contributed by atoms with van der Waals surface area (Å²) in [5.74, 6) is -0.139. The van der Waals surface area contributed by atoms with Crippen molar-refractivity contribution in [2.75, 3.05) is 0 Å². The third-order valence-corrected chi connectivity index (χ3v) is 2.16. The first-order valence-electron chi connectivity index (χ1n) is 4.99. The van der Waals surface area contributed by atoms with Crippen LogP contribution in [0, 0.1) is 0 Å². The standard InChI is InChI=1S/C11H9F3O3.2ClH/c12-11(13,14)17-9-3-4-10(7(5-9)6-15)16-8-1-2-8;;/h3-6,8H,1-2H2;2*1H. The average molecular weight is 319 g/mol. The molecule has 0 spiro atoms. The zero-order valence-electron chi connectivity index (χ0n) is 9.48.